The van der Waals surface area contributed by atoms with Gasteiger partial charge in [0.1, 0.15) is 0 Å². The summed E-state index contributed by atoms with van der Waals surface area (Å²) < 4.78 is 27.8. The second-order valence-corrected chi connectivity index (χ2v) is 8.31. The molecular weight excluding hydrogens is 364 g/mol. The highest BCUT2D eigenvalue weighted by Crippen LogP contribution is 2.36. The molecule has 1 aromatic carbocycles. The van der Waals surface area contributed by atoms with Crippen molar-refractivity contribution in [2.45, 2.75) is 50.1 Å². The maximum Gasteiger partial charge on any atom is 0.244 e. The first-order valence-electron chi connectivity index (χ1n) is 6.53. The lowest BCUT2D eigenvalue weighted by Gasteiger charge is -2.37. The number of piperidine rings is 1. The number of nitrogens with two attached hydrogens (primary N) is 1. The maximum absolute atomic E-state index is 12.9. The molecule has 2 N–H and O–H groups in total. The molecule has 2 rings (SSSR count). The molecule has 1 aliphatic heterocycles. The Kier molecular flexibility index (Phi) is 4.69. The summed E-state index contributed by atoms with van der Waals surface area (Å²) in [5.41, 5.74) is 6.13. The second-order valence-electron chi connectivity index (χ2n) is 5.27. The fraction of sp³-hybridized carbons (Fsp3) is 0.538. The van der Waals surface area contributed by atoms with E-state index in [9.17, 15) is 8.42 Å². The van der Waals surface area contributed by atoms with Crippen LogP contribution in [0.2, 0.25) is 5.02 Å². The van der Waals surface area contributed by atoms with Gasteiger partial charge in [0.15, 0.2) is 0 Å². The van der Waals surface area contributed by atoms with Gasteiger partial charge in [-0.15, -0.1) is 0 Å². The molecule has 112 valence electrons. The number of halogens is 2. The fourth-order valence-electron chi connectivity index (χ4n) is 2.76. The Hall–Kier alpha value is -0.300. The third-order valence-corrected chi connectivity index (χ3v) is 7.22. The minimum atomic E-state index is -3.61. The van der Waals surface area contributed by atoms with Crippen molar-refractivity contribution >= 4 is 43.2 Å². The minimum Gasteiger partial charge on any atom is -0.398 e. The Bertz CT molecular complexity index is 611. The molecule has 1 fully saturated rings. The van der Waals surface area contributed by atoms with Crippen molar-refractivity contribution < 1.29 is 8.42 Å². The van der Waals surface area contributed by atoms with E-state index in [4.69, 9.17) is 17.3 Å². The Morgan fingerprint density at radius 3 is 2.40 bits per heavy atom. The molecule has 7 heteroatoms. The molecule has 0 aromatic heterocycles. The lowest BCUT2D eigenvalue weighted by atomic mass is 10.0. The summed E-state index contributed by atoms with van der Waals surface area (Å²) in [6.07, 6.45) is 2.79. The molecule has 1 heterocycles. The molecule has 1 aliphatic rings. The number of nitrogen functional groups attached to an aromatic ring is 1. The molecule has 0 spiro atoms. The molecule has 0 radical (unpaired) electrons. The van der Waals surface area contributed by atoms with Crippen LogP contribution in [0.5, 0.6) is 0 Å². The van der Waals surface area contributed by atoms with Crippen LogP contribution < -0.4 is 5.73 Å². The molecule has 0 saturated carbocycles. The van der Waals surface area contributed by atoms with E-state index in [1.165, 1.54) is 12.1 Å². The van der Waals surface area contributed by atoms with Gasteiger partial charge in [-0.05, 0) is 54.8 Å². The molecular formula is C13H18BrClN2O2S. The van der Waals surface area contributed by atoms with Gasteiger partial charge in [-0.25, -0.2) is 8.42 Å². The highest BCUT2D eigenvalue weighted by molar-refractivity contribution is 9.10. The third kappa shape index (κ3) is 2.84. The Morgan fingerprint density at radius 2 is 1.85 bits per heavy atom. The standard InChI is InChI=1S/C13H18BrClN2O2S/c1-8-4-3-5-9(2)17(8)20(18,19)12-7-10(15)6-11(16)13(12)14/h6-9H,3-5,16H2,1-2H3. The van der Waals surface area contributed by atoms with Gasteiger partial charge in [-0.2, -0.15) is 4.31 Å². The van der Waals surface area contributed by atoms with E-state index in [1.807, 2.05) is 13.8 Å². The van der Waals surface area contributed by atoms with Crippen molar-refractivity contribution in [1.82, 2.24) is 4.31 Å². The first-order chi connectivity index (χ1) is 9.25. The minimum absolute atomic E-state index is 0.0177. The molecule has 0 bridgehead atoms. The van der Waals surface area contributed by atoms with Gasteiger partial charge in [-0.3, -0.25) is 0 Å². The van der Waals surface area contributed by atoms with Crippen molar-refractivity contribution in [3.8, 4) is 0 Å². The molecule has 0 amide bonds. The number of anilines is 1. The number of benzene rings is 1. The monoisotopic (exact) mass is 380 g/mol. The van der Waals surface area contributed by atoms with E-state index in [2.05, 4.69) is 15.9 Å². The van der Waals surface area contributed by atoms with Gasteiger partial charge in [0.2, 0.25) is 10.0 Å². The molecule has 1 saturated heterocycles. The van der Waals surface area contributed by atoms with Crippen molar-refractivity contribution in [1.29, 1.82) is 0 Å². The molecule has 20 heavy (non-hydrogen) atoms. The van der Waals surface area contributed by atoms with Gasteiger partial charge < -0.3 is 5.73 Å². The van der Waals surface area contributed by atoms with E-state index in [1.54, 1.807) is 4.31 Å². The highest BCUT2D eigenvalue weighted by Gasteiger charge is 2.37. The number of hydrogen-bond donors (Lipinski definition) is 1. The maximum atomic E-state index is 12.9. The topological polar surface area (TPSA) is 63.4 Å². The summed E-state index contributed by atoms with van der Waals surface area (Å²) in [5.74, 6) is 0. The normalized spacial score (nSPS) is 24.8. The zero-order valence-electron chi connectivity index (χ0n) is 11.4. The summed E-state index contributed by atoms with van der Waals surface area (Å²) in [6.45, 7) is 3.88. The second kappa shape index (κ2) is 5.83. The third-order valence-electron chi connectivity index (χ3n) is 3.70. The number of sulfonamides is 1. The van der Waals surface area contributed by atoms with Crippen LogP contribution >= 0.6 is 27.5 Å². The quantitative estimate of drug-likeness (QED) is 0.796. The van der Waals surface area contributed by atoms with Crippen LogP contribution in [0, 0.1) is 0 Å². The van der Waals surface area contributed by atoms with Crippen LogP contribution in [0.15, 0.2) is 21.5 Å². The number of hydrogen-bond acceptors (Lipinski definition) is 3. The van der Waals surface area contributed by atoms with E-state index in [0.717, 1.165) is 19.3 Å². The molecule has 2 unspecified atom stereocenters. The van der Waals surface area contributed by atoms with E-state index in [-0.39, 0.29) is 17.0 Å². The predicted molar refractivity (Wildman–Crippen MR) is 85.4 cm³/mol. The number of rotatable bonds is 2. The van der Waals surface area contributed by atoms with E-state index < -0.39 is 10.0 Å². The van der Waals surface area contributed by atoms with Gasteiger partial charge >= 0.3 is 0 Å². The highest BCUT2D eigenvalue weighted by atomic mass is 79.9. The summed E-state index contributed by atoms with van der Waals surface area (Å²) in [7, 11) is -3.61. The van der Waals surface area contributed by atoms with Crippen LogP contribution in [0.1, 0.15) is 33.1 Å². The summed E-state index contributed by atoms with van der Waals surface area (Å²) >= 11 is 9.22. The van der Waals surface area contributed by atoms with Crippen LogP contribution in [0.3, 0.4) is 0 Å². The van der Waals surface area contributed by atoms with Crippen LogP contribution in [0.25, 0.3) is 0 Å². The first-order valence-corrected chi connectivity index (χ1v) is 9.14. The average molecular weight is 382 g/mol. The van der Waals surface area contributed by atoms with Crippen LogP contribution in [0.4, 0.5) is 5.69 Å². The molecule has 4 nitrogen and oxygen atoms in total. The lowest BCUT2D eigenvalue weighted by Crippen LogP contribution is -2.47. The fourth-order valence-corrected chi connectivity index (χ4v) is 5.90. The molecule has 1 aromatic rings. The van der Waals surface area contributed by atoms with E-state index in [0.29, 0.717) is 15.2 Å². The van der Waals surface area contributed by atoms with Crippen molar-refractivity contribution in [2.75, 3.05) is 5.73 Å². The first kappa shape index (κ1) is 16.1. The Morgan fingerprint density at radius 1 is 1.30 bits per heavy atom. The summed E-state index contributed by atoms with van der Waals surface area (Å²) in [4.78, 5) is 0.142. The zero-order valence-corrected chi connectivity index (χ0v) is 14.6. The average Bonchev–Trinajstić information content (AvgIpc) is 2.33. The van der Waals surface area contributed by atoms with Gasteiger partial charge in [0.25, 0.3) is 0 Å². The number of nitrogens with zero attached hydrogens (tertiary/aromatic N) is 1. The van der Waals surface area contributed by atoms with E-state index >= 15 is 0 Å². The van der Waals surface area contributed by atoms with Crippen LogP contribution in [-0.4, -0.2) is 24.8 Å². The smallest absolute Gasteiger partial charge is 0.244 e. The SMILES string of the molecule is CC1CCCC(C)N1S(=O)(=O)c1cc(Cl)cc(N)c1Br. The predicted octanol–water partition coefficient (Wildman–Crippen LogP) is 3.64. The summed E-state index contributed by atoms with van der Waals surface area (Å²) in [5, 5.41) is 0.321. The molecule has 0 aliphatic carbocycles. The van der Waals surface area contributed by atoms with Gasteiger partial charge in [0, 0.05) is 22.8 Å². The van der Waals surface area contributed by atoms with Crippen molar-refractivity contribution in [3.05, 3.63) is 21.6 Å². The van der Waals surface area contributed by atoms with Crippen molar-refractivity contribution in [3.63, 3.8) is 0 Å². The largest absolute Gasteiger partial charge is 0.398 e. The summed E-state index contributed by atoms with van der Waals surface area (Å²) in [6, 6.07) is 2.95. The lowest BCUT2D eigenvalue weighted by molar-refractivity contribution is 0.204. The zero-order chi connectivity index (χ0) is 15.1. The van der Waals surface area contributed by atoms with Gasteiger partial charge in [-0.1, -0.05) is 18.0 Å². The Balaban J connectivity index is 2.55. The molecule has 2 atom stereocenters. The Labute approximate surface area is 133 Å². The van der Waals surface area contributed by atoms with Crippen molar-refractivity contribution in [2.24, 2.45) is 0 Å². The van der Waals surface area contributed by atoms with Crippen LogP contribution in [-0.2, 0) is 10.0 Å². The van der Waals surface area contributed by atoms with Gasteiger partial charge in [0.05, 0.1) is 9.37 Å².